The van der Waals surface area contributed by atoms with Crippen LogP contribution in [0, 0.1) is 12.8 Å². The lowest BCUT2D eigenvalue weighted by Gasteiger charge is -2.12. The lowest BCUT2D eigenvalue weighted by Crippen LogP contribution is -2.23. The smallest absolute Gasteiger partial charge is 0.291 e. The minimum Gasteiger partial charge on any atom is -0.493 e. The van der Waals surface area contributed by atoms with Gasteiger partial charge in [0.2, 0.25) is 4.96 Å². The molecule has 0 amide bonds. The van der Waals surface area contributed by atoms with Crippen LogP contribution in [-0.4, -0.2) is 37.6 Å². The largest absolute Gasteiger partial charge is 0.493 e. The fourth-order valence-electron chi connectivity index (χ4n) is 4.71. The number of benzene rings is 3. The second-order valence-corrected chi connectivity index (χ2v) is 12.0. The van der Waals surface area contributed by atoms with Gasteiger partial charge >= 0.3 is 0 Å². The summed E-state index contributed by atoms with van der Waals surface area (Å²) in [6.07, 6.45) is 9.22. The summed E-state index contributed by atoms with van der Waals surface area (Å²) in [6.45, 7) is 11.1. The zero-order valence-electron chi connectivity index (χ0n) is 25.4. The Morgan fingerprint density at radius 3 is 2.49 bits per heavy atom. The molecule has 3 heterocycles. The van der Waals surface area contributed by atoms with Crippen molar-refractivity contribution < 1.29 is 9.47 Å². The van der Waals surface area contributed by atoms with E-state index in [2.05, 4.69) is 36.6 Å². The molecule has 0 aliphatic carbocycles. The zero-order valence-corrected chi connectivity index (χ0v) is 26.2. The molecule has 0 aliphatic rings. The molecule has 8 nitrogen and oxygen atoms in total. The molecule has 0 saturated carbocycles. The van der Waals surface area contributed by atoms with Crippen LogP contribution in [0.1, 0.15) is 36.4 Å². The normalized spacial score (nSPS) is 12.0. The quantitative estimate of drug-likeness (QED) is 0.152. The van der Waals surface area contributed by atoms with E-state index < -0.39 is 0 Å². The Morgan fingerprint density at radius 1 is 0.978 bits per heavy atom. The minimum atomic E-state index is -0.224. The number of para-hydroxylation sites is 1. The van der Waals surface area contributed by atoms with Crippen LogP contribution in [0.2, 0.25) is 0 Å². The monoisotopic (exact) mass is 615 g/mol. The third kappa shape index (κ3) is 6.78. The number of ether oxygens (including phenoxy) is 2. The molecular formula is C36H33N5O3S. The van der Waals surface area contributed by atoms with E-state index >= 15 is 0 Å². The van der Waals surface area contributed by atoms with Gasteiger partial charge in [-0.2, -0.15) is 14.6 Å². The Labute approximate surface area is 265 Å². The lowest BCUT2D eigenvalue weighted by atomic mass is 10.0. The second kappa shape index (κ2) is 13.2. The molecule has 226 valence electrons. The molecule has 6 aromatic rings. The molecular weight excluding hydrogens is 582 g/mol. The Hall–Kier alpha value is -5.28. The van der Waals surface area contributed by atoms with E-state index in [0.717, 1.165) is 45.1 Å². The molecule has 3 aromatic heterocycles. The SMILES string of the molecule is C=CCOc1ccc(/C=C/c2nc3s/c(=C\c4cn(-c5ccccc5)nc4-c4ccc(OCC(C)C)c(C)c4)c(=O)n3n2)cc1. The van der Waals surface area contributed by atoms with E-state index in [1.54, 1.807) is 12.2 Å². The van der Waals surface area contributed by atoms with Crippen molar-refractivity contribution in [3.8, 4) is 28.4 Å². The van der Waals surface area contributed by atoms with E-state index in [4.69, 9.17) is 14.6 Å². The number of rotatable bonds is 11. The van der Waals surface area contributed by atoms with Crippen molar-refractivity contribution >= 4 is 34.5 Å². The number of hydrogen-bond donors (Lipinski definition) is 0. The number of aromatic nitrogens is 5. The van der Waals surface area contributed by atoms with Crippen LogP contribution >= 0.6 is 11.3 Å². The van der Waals surface area contributed by atoms with Gasteiger partial charge in [0.15, 0.2) is 5.82 Å². The molecule has 0 unspecified atom stereocenters. The van der Waals surface area contributed by atoms with Crippen molar-refractivity contribution in [3.63, 3.8) is 0 Å². The van der Waals surface area contributed by atoms with Crippen molar-refractivity contribution in [2.75, 3.05) is 13.2 Å². The van der Waals surface area contributed by atoms with E-state index in [9.17, 15) is 4.79 Å². The zero-order chi connectivity index (χ0) is 31.3. The van der Waals surface area contributed by atoms with Gasteiger partial charge in [-0.25, -0.2) is 4.68 Å². The van der Waals surface area contributed by atoms with E-state index in [1.807, 2.05) is 96.7 Å². The van der Waals surface area contributed by atoms with Crippen molar-refractivity contribution in [1.29, 1.82) is 0 Å². The molecule has 6 rings (SSSR count). The third-order valence-corrected chi connectivity index (χ3v) is 7.90. The summed E-state index contributed by atoms with van der Waals surface area (Å²) in [5, 5.41) is 9.40. The fraction of sp³-hybridized carbons (Fsp3) is 0.167. The van der Waals surface area contributed by atoms with Gasteiger partial charge < -0.3 is 9.47 Å². The molecule has 0 saturated heterocycles. The molecule has 0 atom stereocenters. The Bertz CT molecular complexity index is 2090. The lowest BCUT2D eigenvalue weighted by molar-refractivity contribution is 0.269. The molecule has 0 aliphatic heterocycles. The van der Waals surface area contributed by atoms with Crippen LogP contribution in [0.25, 0.3) is 40.1 Å². The van der Waals surface area contributed by atoms with Gasteiger partial charge in [0.05, 0.1) is 16.8 Å². The molecule has 0 spiro atoms. The van der Waals surface area contributed by atoms with Crippen LogP contribution in [0.5, 0.6) is 11.5 Å². The van der Waals surface area contributed by atoms with Crippen LogP contribution in [0.3, 0.4) is 0 Å². The van der Waals surface area contributed by atoms with Gasteiger partial charge in [0, 0.05) is 17.3 Å². The minimum absolute atomic E-state index is 0.224. The van der Waals surface area contributed by atoms with Crippen molar-refractivity contribution in [2.45, 2.75) is 20.8 Å². The predicted octanol–water partition coefficient (Wildman–Crippen LogP) is 6.63. The number of fused-ring (bicyclic) bond motifs is 1. The maximum absolute atomic E-state index is 13.4. The van der Waals surface area contributed by atoms with E-state index in [1.165, 1.54) is 15.9 Å². The van der Waals surface area contributed by atoms with Gasteiger partial charge in [-0.3, -0.25) is 4.79 Å². The maximum atomic E-state index is 13.4. The van der Waals surface area contributed by atoms with Crippen LogP contribution < -0.4 is 19.6 Å². The van der Waals surface area contributed by atoms with Gasteiger partial charge in [-0.05, 0) is 78.6 Å². The summed E-state index contributed by atoms with van der Waals surface area (Å²) < 4.78 is 15.2. The van der Waals surface area contributed by atoms with Gasteiger partial charge in [0.1, 0.15) is 23.8 Å². The van der Waals surface area contributed by atoms with Gasteiger partial charge in [-0.15, -0.1) is 5.10 Å². The highest BCUT2D eigenvalue weighted by Gasteiger charge is 2.15. The highest BCUT2D eigenvalue weighted by molar-refractivity contribution is 7.15. The summed E-state index contributed by atoms with van der Waals surface area (Å²) >= 11 is 1.30. The summed E-state index contributed by atoms with van der Waals surface area (Å²) in [7, 11) is 0. The topological polar surface area (TPSA) is 83.5 Å². The standard InChI is InChI=1S/C36H33N5O3S/c1-5-19-43-30-15-11-26(12-16-30)13-18-33-37-36-41(38-33)35(42)32(45-36)21-28-22-40(29-9-7-6-8-10-29)39-34(28)27-14-17-31(25(4)20-27)44-23-24(2)3/h5-18,20-22,24H,1,19,23H2,2-4H3/b18-13+,32-21-. The number of nitrogens with zero attached hydrogens (tertiary/aromatic N) is 5. The molecule has 45 heavy (non-hydrogen) atoms. The number of thiazole rings is 1. The van der Waals surface area contributed by atoms with Crippen LogP contribution in [0.4, 0.5) is 0 Å². The van der Waals surface area contributed by atoms with Gasteiger partial charge in [-0.1, -0.05) is 74.2 Å². The van der Waals surface area contributed by atoms with Crippen molar-refractivity contribution in [2.24, 2.45) is 5.92 Å². The van der Waals surface area contributed by atoms with E-state index in [-0.39, 0.29) is 5.56 Å². The molecule has 9 heteroatoms. The van der Waals surface area contributed by atoms with Crippen molar-refractivity contribution in [3.05, 3.63) is 129 Å². The van der Waals surface area contributed by atoms with E-state index in [0.29, 0.717) is 34.4 Å². The predicted molar refractivity (Wildman–Crippen MR) is 181 cm³/mol. The van der Waals surface area contributed by atoms with Crippen LogP contribution in [-0.2, 0) is 0 Å². The van der Waals surface area contributed by atoms with Crippen LogP contribution in [0.15, 0.2) is 96.4 Å². The Kier molecular flexibility index (Phi) is 8.70. The Morgan fingerprint density at radius 2 is 1.78 bits per heavy atom. The Balaban J connectivity index is 1.33. The fourth-order valence-corrected chi connectivity index (χ4v) is 5.61. The molecule has 0 fully saturated rings. The summed E-state index contributed by atoms with van der Waals surface area (Å²) in [6, 6.07) is 23.7. The first kappa shape index (κ1) is 29.8. The first-order valence-corrected chi connectivity index (χ1v) is 15.5. The molecule has 3 aromatic carbocycles. The molecule has 0 radical (unpaired) electrons. The number of aryl methyl sites for hydroxylation is 1. The highest BCUT2D eigenvalue weighted by Crippen LogP contribution is 2.29. The summed E-state index contributed by atoms with van der Waals surface area (Å²) in [5.74, 6) is 2.52. The molecule has 0 N–H and O–H groups in total. The average molecular weight is 616 g/mol. The third-order valence-electron chi connectivity index (χ3n) is 6.94. The maximum Gasteiger partial charge on any atom is 0.291 e. The van der Waals surface area contributed by atoms with Gasteiger partial charge in [0.25, 0.3) is 5.56 Å². The first-order valence-electron chi connectivity index (χ1n) is 14.7. The summed E-state index contributed by atoms with van der Waals surface area (Å²) in [4.78, 5) is 18.6. The molecule has 0 bridgehead atoms. The average Bonchev–Trinajstić information content (AvgIpc) is 3.73. The van der Waals surface area contributed by atoms with Crippen molar-refractivity contribution in [1.82, 2.24) is 24.4 Å². The highest BCUT2D eigenvalue weighted by atomic mass is 32.1. The summed E-state index contributed by atoms with van der Waals surface area (Å²) in [5.41, 5.74) is 5.20. The first-order chi connectivity index (χ1) is 21.9. The number of hydrogen-bond acceptors (Lipinski definition) is 7. The second-order valence-electron chi connectivity index (χ2n) is 11.0.